The summed E-state index contributed by atoms with van der Waals surface area (Å²) >= 11 is 0. The summed E-state index contributed by atoms with van der Waals surface area (Å²) in [7, 11) is 0. The first-order chi connectivity index (χ1) is 10.2. The Kier molecular flexibility index (Phi) is 4.64. The number of hydrogen-bond donors (Lipinski definition) is 0. The van der Waals surface area contributed by atoms with Gasteiger partial charge in [0.2, 0.25) is 0 Å². The second kappa shape index (κ2) is 6.15. The van der Waals surface area contributed by atoms with Crippen LogP contribution in [0, 0.1) is 6.92 Å². The van der Waals surface area contributed by atoms with Gasteiger partial charge in [0.25, 0.3) is 0 Å². The molecule has 3 nitrogen and oxygen atoms in total. The molecule has 1 aliphatic heterocycles. The lowest BCUT2D eigenvalue weighted by atomic mass is 10.0. The lowest BCUT2D eigenvalue weighted by Gasteiger charge is -2.33. The number of likely N-dealkylation sites (tertiary alicyclic amines) is 1. The monoisotopic (exact) mass is 301 g/mol. The molecule has 1 amide bonds. The number of aryl methyl sites for hydroxylation is 1. The van der Waals surface area contributed by atoms with E-state index in [4.69, 9.17) is 4.74 Å². The molecule has 0 unspecified atom stereocenters. The molecule has 2 atom stereocenters. The van der Waals surface area contributed by atoms with Crippen molar-refractivity contribution in [2.45, 2.75) is 65.1 Å². The molecule has 1 aromatic rings. The first-order valence-electron chi connectivity index (χ1n) is 7.92. The number of benzene rings is 1. The van der Waals surface area contributed by atoms with Gasteiger partial charge in [-0.15, -0.1) is 0 Å². The number of hydrogen-bond acceptors (Lipinski definition) is 2. The van der Waals surface area contributed by atoms with Crippen LogP contribution in [-0.2, 0) is 4.74 Å². The quantitative estimate of drug-likeness (QED) is 0.718. The summed E-state index contributed by atoms with van der Waals surface area (Å²) in [5, 5.41) is 0. The maximum absolute atomic E-state index is 12.7. The van der Waals surface area contributed by atoms with Gasteiger partial charge in [0.05, 0.1) is 12.1 Å². The Balaban J connectivity index is 2.32. The molecule has 120 valence electrons. The third kappa shape index (κ3) is 3.70. The zero-order chi connectivity index (χ0) is 16.5. The maximum Gasteiger partial charge on any atom is 0.411 e. The molecule has 1 fully saturated rings. The Bertz CT molecular complexity index is 571. The van der Waals surface area contributed by atoms with Gasteiger partial charge in [0.15, 0.2) is 0 Å². The van der Waals surface area contributed by atoms with Crippen LogP contribution in [0.5, 0.6) is 0 Å². The molecular formula is C19H27NO2. The Labute approximate surface area is 134 Å². The van der Waals surface area contributed by atoms with Crippen molar-refractivity contribution in [1.82, 2.24) is 4.90 Å². The van der Waals surface area contributed by atoms with E-state index in [-0.39, 0.29) is 18.2 Å². The van der Waals surface area contributed by atoms with Gasteiger partial charge in [-0.2, -0.15) is 0 Å². The molecule has 1 saturated heterocycles. The third-order valence-corrected chi connectivity index (χ3v) is 3.99. The number of carbonyl (C=O) groups excluding carboxylic acids is 1. The van der Waals surface area contributed by atoms with Gasteiger partial charge in [0.1, 0.15) is 5.60 Å². The van der Waals surface area contributed by atoms with E-state index >= 15 is 0 Å². The summed E-state index contributed by atoms with van der Waals surface area (Å²) in [6, 6.07) is 8.49. The molecule has 0 radical (unpaired) electrons. The highest BCUT2D eigenvalue weighted by Gasteiger charge is 2.40. The van der Waals surface area contributed by atoms with E-state index in [2.05, 4.69) is 31.7 Å². The highest BCUT2D eigenvalue weighted by molar-refractivity contribution is 5.70. The molecule has 0 N–H and O–H groups in total. The van der Waals surface area contributed by atoms with Crippen LogP contribution in [0.1, 0.15) is 57.7 Å². The van der Waals surface area contributed by atoms with Crippen molar-refractivity contribution in [2.24, 2.45) is 0 Å². The number of carbonyl (C=O) groups is 1. The zero-order valence-corrected chi connectivity index (χ0v) is 14.3. The van der Waals surface area contributed by atoms with Crippen LogP contribution >= 0.6 is 0 Å². The fraction of sp³-hybridized carbons (Fsp3) is 0.526. The van der Waals surface area contributed by atoms with Crippen LogP contribution < -0.4 is 0 Å². The summed E-state index contributed by atoms with van der Waals surface area (Å²) in [6.07, 6.45) is 1.64. The second-order valence-corrected chi connectivity index (χ2v) is 7.26. The smallest absolute Gasteiger partial charge is 0.411 e. The largest absolute Gasteiger partial charge is 0.444 e. The Morgan fingerprint density at radius 3 is 2.55 bits per heavy atom. The van der Waals surface area contributed by atoms with Crippen LogP contribution in [-0.4, -0.2) is 22.6 Å². The SMILES string of the molecule is C=C(C)[C@H]1CC[C@@H](c2cccc(C)c2)N1C(=O)OC(C)(C)C. The second-order valence-electron chi connectivity index (χ2n) is 7.26. The van der Waals surface area contributed by atoms with E-state index in [1.54, 1.807) is 0 Å². The minimum atomic E-state index is -0.490. The summed E-state index contributed by atoms with van der Waals surface area (Å²) in [5.74, 6) is 0. The molecule has 1 aliphatic rings. The van der Waals surface area contributed by atoms with Gasteiger partial charge in [-0.05, 0) is 53.0 Å². The van der Waals surface area contributed by atoms with Gasteiger partial charge < -0.3 is 4.74 Å². The molecule has 0 spiro atoms. The Morgan fingerprint density at radius 2 is 2.00 bits per heavy atom. The lowest BCUT2D eigenvalue weighted by molar-refractivity contribution is 0.0170. The minimum Gasteiger partial charge on any atom is -0.444 e. The Hall–Kier alpha value is -1.77. The van der Waals surface area contributed by atoms with E-state index in [1.807, 2.05) is 38.7 Å². The Morgan fingerprint density at radius 1 is 1.32 bits per heavy atom. The fourth-order valence-electron chi connectivity index (χ4n) is 3.07. The van der Waals surface area contributed by atoms with Gasteiger partial charge in [0, 0.05) is 0 Å². The number of amides is 1. The summed E-state index contributed by atoms with van der Waals surface area (Å²) in [6.45, 7) is 13.8. The fourth-order valence-corrected chi connectivity index (χ4v) is 3.07. The van der Waals surface area contributed by atoms with Crippen LogP contribution in [0.25, 0.3) is 0 Å². The van der Waals surface area contributed by atoms with Crippen LogP contribution in [0.2, 0.25) is 0 Å². The molecule has 22 heavy (non-hydrogen) atoms. The van der Waals surface area contributed by atoms with E-state index < -0.39 is 5.60 Å². The first-order valence-corrected chi connectivity index (χ1v) is 7.92. The number of rotatable bonds is 2. The van der Waals surface area contributed by atoms with Crippen molar-refractivity contribution in [3.8, 4) is 0 Å². The molecule has 0 aromatic heterocycles. The van der Waals surface area contributed by atoms with Crippen molar-refractivity contribution >= 4 is 6.09 Å². The minimum absolute atomic E-state index is 0.0559. The molecular weight excluding hydrogens is 274 g/mol. The first kappa shape index (κ1) is 16.6. The van der Waals surface area contributed by atoms with Crippen LogP contribution in [0.4, 0.5) is 4.79 Å². The van der Waals surface area contributed by atoms with Crippen molar-refractivity contribution in [1.29, 1.82) is 0 Å². The van der Waals surface area contributed by atoms with E-state index in [0.717, 1.165) is 18.4 Å². The van der Waals surface area contributed by atoms with Gasteiger partial charge in [-0.25, -0.2) is 4.79 Å². The van der Waals surface area contributed by atoms with Gasteiger partial charge in [-0.3, -0.25) is 4.90 Å². The third-order valence-electron chi connectivity index (χ3n) is 3.99. The van der Waals surface area contributed by atoms with E-state index in [1.165, 1.54) is 11.1 Å². The summed E-state index contributed by atoms with van der Waals surface area (Å²) in [4.78, 5) is 14.6. The van der Waals surface area contributed by atoms with E-state index in [9.17, 15) is 4.79 Å². The number of nitrogens with zero attached hydrogens (tertiary/aromatic N) is 1. The predicted octanol–water partition coefficient (Wildman–Crippen LogP) is 5.01. The highest BCUT2D eigenvalue weighted by atomic mass is 16.6. The maximum atomic E-state index is 12.7. The summed E-state index contributed by atoms with van der Waals surface area (Å²) in [5.41, 5.74) is 2.91. The molecule has 0 aliphatic carbocycles. The molecule has 2 rings (SSSR count). The van der Waals surface area contributed by atoms with Crippen molar-refractivity contribution in [3.05, 3.63) is 47.5 Å². The average Bonchev–Trinajstić information content (AvgIpc) is 2.81. The predicted molar refractivity (Wildman–Crippen MR) is 89.8 cm³/mol. The van der Waals surface area contributed by atoms with Crippen LogP contribution in [0.3, 0.4) is 0 Å². The number of ether oxygens (including phenoxy) is 1. The van der Waals surface area contributed by atoms with Crippen molar-refractivity contribution in [2.75, 3.05) is 0 Å². The van der Waals surface area contributed by atoms with Gasteiger partial charge >= 0.3 is 6.09 Å². The van der Waals surface area contributed by atoms with Crippen molar-refractivity contribution < 1.29 is 9.53 Å². The topological polar surface area (TPSA) is 29.5 Å². The molecule has 0 saturated carbocycles. The van der Waals surface area contributed by atoms with E-state index in [0.29, 0.717) is 0 Å². The normalized spacial score (nSPS) is 21.8. The van der Waals surface area contributed by atoms with Crippen molar-refractivity contribution in [3.63, 3.8) is 0 Å². The highest BCUT2D eigenvalue weighted by Crippen LogP contribution is 2.39. The zero-order valence-electron chi connectivity index (χ0n) is 14.3. The summed E-state index contributed by atoms with van der Waals surface area (Å²) < 4.78 is 5.63. The standard InChI is InChI=1S/C19H27NO2/c1-13(2)16-10-11-17(15-9-7-8-14(3)12-15)20(16)18(21)22-19(4,5)6/h7-9,12,16-17H,1,10-11H2,2-6H3/t16-,17+/m1/s1. The van der Waals surface area contributed by atoms with Crippen LogP contribution in [0.15, 0.2) is 36.4 Å². The van der Waals surface area contributed by atoms with Gasteiger partial charge in [-0.1, -0.05) is 42.0 Å². The lowest BCUT2D eigenvalue weighted by Crippen LogP contribution is -2.41. The molecule has 3 heteroatoms. The molecule has 0 bridgehead atoms. The molecule has 1 aromatic carbocycles. The molecule has 1 heterocycles. The average molecular weight is 301 g/mol.